The van der Waals surface area contributed by atoms with Gasteiger partial charge in [-0.05, 0) is 49.9 Å². The van der Waals surface area contributed by atoms with Crippen LogP contribution in [-0.4, -0.2) is 30.1 Å². The zero-order valence-corrected chi connectivity index (χ0v) is 12.6. The molecule has 0 aliphatic carbocycles. The summed E-state index contributed by atoms with van der Waals surface area (Å²) in [6.07, 6.45) is 2.40. The first kappa shape index (κ1) is 17.0. The van der Waals surface area contributed by atoms with Gasteiger partial charge in [0.05, 0.1) is 0 Å². The number of aliphatic carboxylic acids is 1. The molecule has 21 heavy (non-hydrogen) atoms. The average molecular weight is 293 g/mol. The zero-order valence-electron chi connectivity index (χ0n) is 12.6. The van der Waals surface area contributed by atoms with Crippen LogP contribution < -0.4 is 10.1 Å². The summed E-state index contributed by atoms with van der Waals surface area (Å²) in [4.78, 5) is 21.9. The van der Waals surface area contributed by atoms with E-state index in [0.29, 0.717) is 18.7 Å². The van der Waals surface area contributed by atoms with Crippen molar-refractivity contribution in [2.24, 2.45) is 0 Å². The number of aryl methyl sites for hydroxylation is 2. The molecule has 0 aliphatic heterocycles. The van der Waals surface area contributed by atoms with Gasteiger partial charge >= 0.3 is 5.97 Å². The molecular weight excluding hydrogens is 270 g/mol. The standard InChI is InChI=1S/C16H23NO4/c1-12-8-13(2)10-14(9-12)21-11-15(18)17-7-5-3-4-6-16(19)20/h8-10H,3-7,11H2,1-2H3,(H,17,18)(H,19,20). The Labute approximate surface area is 125 Å². The number of carboxylic acids is 1. The second-order valence-electron chi connectivity index (χ2n) is 5.17. The number of ether oxygens (including phenoxy) is 1. The minimum absolute atomic E-state index is 0.00197. The smallest absolute Gasteiger partial charge is 0.303 e. The molecule has 0 aromatic heterocycles. The fourth-order valence-electron chi connectivity index (χ4n) is 2.02. The number of unbranched alkanes of at least 4 members (excludes halogenated alkanes) is 2. The van der Waals surface area contributed by atoms with Gasteiger partial charge in [-0.15, -0.1) is 0 Å². The van der Waals surface area contributed by atoms with Crippen LogP contribution in [0.25, 0.3) is 0 Å². The van der Waals surface area contributed by atoms with Crippen molar-refractivity contribution in [3.8, 4) is 5.75 Å². The molecular formula is C16H23NO4. The van der Waals surface area contributed by atoms with Crippen molar-refractivity contribution in [3.63, 3.8) is 0 Å². The van der Waals surface area contributed by atoms with Gasteiger partial charge in [0.2, 0.25) is 0 Å². The molecule has 2 N–H and O–H groups in total. The van der Waals surface area contributed by atoms with Crippen LogP contribution in [0.3, 0.4) is 0 Å². The third-order valence-corrected chi connectivity index (χ3v) is 2.95. The molecule has 0 spiro atoms. The molecule has 0 radical (unpaired) electrons. The van der Waals surface area contributed by atoms with E-state index in [1.54, 1.807) is 0 Å². The van der Waals surface area contributed by atoms with Gasteiger partial charge in [0.1, 0.15) is 5.75 Å². The largest absolute Gasteiger partial charge is 0.484 e. The van der Waals surface area contributed by atoms with Crippen LogP contribution >= 0.6 is 0 Å². The molecule has 0 aliphatic rings. The number of carbonyl (C=O) groups excluding carboxylic acids is 1. The van der Waals surface area contributed by atoms with Crippen LogP contribution in [0.2, 0.25) is 0 Å². The van der Waals surface area contributed by atoms with E-state index in [2.05, 4.69) is 5.32 Å². The molecule has 0 saturated carbocycles. The lowest BCUT2D eigenvalue weighted by molar-refractivity contribution is -0.137. The molecule has 1 aromatic rings. The molecule has 0 unspecified atom stereocenters. The molecule has 0 bridgehead atoms. The number of carbonyl (C=O) groups is 2. The molecule has 0 saturated heterocycles. The molecule has 0 heterocycles. The highest BCUT2D eigenvalue weighted by Crippen LogP contribution is 2.15. The SMILES string of the molecule is Cc1cc(C)cc(OCC(=O)NCCCCCC(=O)O)c1. The van der Waals surface area contributed by atoms with Gasteiger partial charge in [-0.1, -0.05) is 12.5 Å². The molecule has 116 valence electrons. The summed E-state index contributed by atoms with van der Waals surface area (Å²) in [5.74, 6) is -0.239. The van der Waals surface area contributed by atoms with Crippen LogP contribution in [0, 0.1) is 13.8 Å². The summed E-state index contributed by atoms with van der Waals surface area (Å²) >= 11 is 0. The number of amides is 1. The van der Waals surface area contributed by atoms with E-state index in [0.717, 1.165) is 24.0 Å². The van der Waals surface area contributed by atoms with Crippen molar-refractivity contribution >= 4 is 11.9 Å². The van der Waals surface area contributed by atoms with Crippen LogP contribution in [-0.2, 0) is 9.59 Å². The van der Waals surface area contributed by atoms with Crippen molar-refractivity contribution in [2.75, 3.05) is 13.2 Å². The Morgan fingerprint density at radius 2 is 1.76 bits per heavy atom. The van der Waals surface area contributed by atoms with E-state index in [1.165, 1.54) is 0 Å². The highest BCUT2D eigenvalue weighted by molar-refractivity contribution is 5.77. The summed E-state index contributed by atoms with van der Waals surface area (Å²) in [6, 6.07) is 5.84. The Morgan fingerprint density at radius 3 is 2.38 bits per heavy atom. The maximum atomic E-state index is 11.6. The third-order valence-electron chi connectivity index (χ3n) is 2.95. The molecule has 0 fully saturated rings. The van der Waals surface area contributed by atoms with Crippen LogP contribution in [0.15, 0.2) is 18.2 Å². The van der Waals surface area contributed by atoms with Gasteiger partial charge in [-0.2, -0.15) is 0 Å². The highest BCUT2D eigenvalue weighted by Gasteiger charge is 2.03. The van der Waals surface area contributed by atoms with Gasteiger partial charge in [0, 0.05) is 13.0 Å². The van der Waals surface area contributed by atoms with E-state index in [4.69, 9.17) is 9.84 Å². The average Bonchev–Trinajstić information content (AvgIpc) is 2.39. The Hall–Kier alpha value is -2.04. The predicted octanol–water partition coefficient (Wildman–Crippen LogP) is 2.44. The summed E-state index contributed by atoms with van der Waals surface area (Å²) in [7, 11) is 0. The van der Waals surface area contributed by atoms with Crippen LogP contribution in [0.4, 0.5) is 0 Å². The Morgan fingerprint density at radius 1 is 1.10 bits per heavy atom. The zero-order chi connectivity index (χ0) is 15.7. The Kier molecular flexibility index (Phi) is 7.29. The first-order valence-corrected chi connectivity index (χ1v) is 7.17. The topological polar surface area (TPSA) is 75.6 Å². The number of nitrogens with one attached hydrogen (secondary N) is 1. The maximum Gasteiger partial charge on any atom is 0.303 e. The van der Waals surface area contributed by atoms with E-state index < -0.39 is 5.97 Å². The van der Waals surface area contributed by atoms with E-state index in [1.807, 2.05) is 32.0 Å². The van der Waals surface area contributed by atoms with Gasteiger partial charge in [0.25, 0.3) is 5.91 Å². The minimum Gasteiger partial charge on any atom is -0.484 e. The number of benzene rings is 1. The van der Waals surface area contributed by atoms with E-state index >= 15 is 0 Å². The highest BCUT2D eigenvalue weighted by atomic mass is 16.5. The second-order valence-corrected chi connectivity index (χ2v) is 5.17. The summed E-state index contributed by atoms with van der Waals surface area (Å²) in [5.41, 5.74) is 2.20. The number of hydrogen-bond acceptors (Lipinski definition) is 3. The lowest BCUT2D eigenvalue weighted by atomic mass is 10.1. The van der Waals surface area contributed by atoms with Crippen molar-refractivity contribution < 1.29 is 19.4 Å². The normalized spacial score (nSPS) is 10.2. The van der Waals surface area contributed by atoms with Crippen LogP contribution in [0.5, 0.6) is 5.75 Å². The number of rotatable bonds is 9. The number of hydrogen-bond donors (Lipinski definition) is 2. The fraction of sp³-hybridized carbons (Fsp3) is 0.500. The first-order valence-electron chi connectivity index (χ1n) is 7.17. The van der Waals surface area contributed by atoms with Crippen LogP contribution in [0.1, 0.15) is 36.8 Å². The van der Waals surface area contributed by atoms with Gasteiger partial charge in [-0.3, -0.25) is 9.59 Å². The third kappa shape index (κ3) is 7.97. The van der Waals surface area contributed by atoms with E-state index in [-0.39, 0.29) is 18.9 Å². The van der Waals surface area contributed by atoms with Gasteiger partial charge < -0.3 is 15.2 Å². The maximum absolute atomic E-state index is 11.6. The van der Waals surface area contributed by atoms with Crippen molar-refractivity contribution in [2.45, 2.75) is 39.5 Å². The summed E-state index contributed by atoms with van der Waals surface area (Å²) in [5, 5.41) is 11.2. The lowest BCUT2D eigenvalue weighted by Gasteiger charge is -2.09. The first-order chi connectivity index (χ1) is 9.97. The molecule has 0 atom stereocenters. The Balaban J connectivity index is 2.15. The summed E-state index contributed by atoms with van der Waals surface area (Å²) in [6.45, 7) is 4.51. The predicted molar refractivity (Wildman–Crippen MR) is 80.5 cm³/mol. The molecule has 1 amide bonds. The van der Waals surface area contributed by atoms with Crippen molar-refractivity contribution in [3.05, 3.63) is 29.3 Å². The Bertz CT molecular complexity index is 465. The van der Waals surface area contributed by atoms with Crippen molar-refractivity contribution in [1.29, 1.82) is 0 Å². The van der Waals surface area contributed by atoms with Gasteiger partial charge in [-0.25, -0.2) is 0 Å². The second kappa shape index (κ2) is 9.00. The molecule has 1 rings (SSSR count). The lowest BCUT2D eigenvalue weighted by Crippen LogP contribution is -2.29. The fourth-order valence-corrected chi connectivity index (χ4v) is 2.02. The summed E-state index contributed by atoms with van der Waals surface area (Å²) < 4.78 is 5.45. The monoisotopic (exact) mass is 293 g/mol. The van der Waals surface area contributed by atoms with E-state index in [9.17, 15) is 9.59 Å². The molecule has 5 nitrogen and oxygen atoms in total. The van der Waals surface area contributed by atoms with Gasteiger partial charge in [0.15, 0.2) is 6.61 Å². The molecule has 1 aromatic carbocycles. The number of carboxylic acid groups (broad SMARTS) is 1. The quantitative estimate of drug-likeness (QED) is 0.686. The van der Waals surface area contributed by atoms with Crippen molar-refractivity contribution in [1.82, 2.24) is 5.32 Å². The minimum atomic E-state index is -0.777. The molecule has 5 heteroatoms.